The number of aromatic hydroxyl groups is 1. The second kappa shape index (κ2) is 27.1. The summed E-state index contributed by atoms with van der Waals surface area (Å²) in [5.41, 5.74) is 19.8. The molecule has 24 nitrogen and oxygen atoms in total. The van der Waals surface area contributed by atoms with Gasteiger partial charge in [-0.3, -0.25) is 43.2 Å². The van der Waals surface area contributed by atoms with Crippen LogP contribution in [0.15, 0.2) is 85.2 Å². The smallest absolute Gasteiger partial charge is 0.326 e. The van der Waals surface area contributed by atoms with Crippen LogP contribution in [0.2, 0.25) is 0 Å². The molecule has 0 aliphatic rings. The van der Waals surface area contributed by atoms with Crippen LogP contribution >= 0.6 is 0 Å². The summed E-state index contributed by atoms with van der Waals surface area (Å²) >= 11 is 0. The van der Waals surface area contributed by atoms with Crippen molar-refractivity contribution >= 4 is 80.9 Å². The lowest BCUT2D eigenvalue weighted by molar-refractivity contribution is -0.143. The van der Waals surface area contributed by atoms with Crippen molar-refractivity contribution in [3.05, 3.63) is 102 Å². The second-order valence-corrected chi connectivity index (χ2v) is 19.7. The molecule has 3 aromatic carbocycles. The Morgan fingerprint density at radius 2 is 0.870 bits per heavy atom. The van der Waals surface area contributed by atoms with Crippen LogP contribution < -0.4 is 54.4 Å². The molecule has 0 bridgehead atoms. The van der Waals surface area contributed by atoms with E-state index in [2.05, 4.69) is 47.2 Å². The maximum absolute atomic E-state index is 14.7. The van der Waals surface area contributed by atoms with Crippen LogP contribution in [0.5, 0.6) is 5.75 Å². The van der Waals surface area contributed by atoms with E-state index in [-0.39, 0.29) is 37.4 Å². The van der Waals surface area contributed by atoms with Crippen molar-refractivity contribution in [1.82, 2.24) is 47.2 Å². The molecule has 2 aromatic heterocycles. The Balaban J connectivity index is 1.45. The second-order valence-electron chi connectivity index (χ2n) is 19.7. The predicted molar refractivity (Wildman–Crippen MR) is 283 cm³/mol. The van der Waals surface area contributed by atoms with Crippen molar-refractivity contribution in [2.45, 2.75) is 121 Å². The zero-order valence-electron chi connectivity index (χ0n) is 43.3. The fourth-order valence-corrected chi connectivity index (χ4v) is 8.49. The largest absolute Gasteiger partial charge is 0.508 e. The van der Waals surface area contributed by atoms with E-state index in [1.165, 1.54) is 31.2 Å². The SMILES string of the molecule is CC(C)C[C@H](NC(=O)[C@H](C)N)C(=O)N[C@@H](Cc1c[nH]c2ccccc12)C(=O)N[C@@H](Cc1ccc(O)cc1)C(=O)N[C@@H](CC(N)=O)C(=O)N[C@@H](CC(N)=O)C(=O)N[C@@H](Cc1c[nH]c2ccccc12)C(=O)N[C@H](C(=O)O)C(C)C. The Labute approximate surface area is 443 Å². The van der Waals surface area contributed by atoms with Gasteiger partial charge in [0.25, 0.3) is 0 Å². The molecule has 5 aromatic rings. The number of nitrogens with two attached hydrogens (primary N) is 3. The van der Waals surface area contributed by atoms with E-state index in [4.69, 9.17) is 17.2 Å². The van der Waals surface area contributed by atoms with Gasteiger partial charge in [-0.1, -0.05) is 76.2 Å². The number of amides is 9. The average Bonchev–Trinajstić information content (AvgIpc) is 3.97. The average molecular weight is 1070 g/mol. The van der Waals surface area contributed by atoms with Crippen LogP contribution in [-0.4, -0.2) is 128 Å². The van der Waals surface area contributed by atoms with Gasteiger partial charge in [-0.05, 0) is 66.1 Å². The quantitative estimate of drug-likeness (QED) is 0.0305. The summed E-state index contributed by atoms with van der Waals surface area (Å²) in [4.78, 5) is 142. The fourth-order valence-electron chi connectivity index (χ4n) is 8.49. The summed E-state index contributed by atoms with van der Waals surface area (Å²) < 4.78 is 0. The third-order valence-electron chi connectivity index (χ3n) is 12.5. The number of hydrogen-bond donors (Lipinski definition) is 14. The summed E-state index contributed by atoms with van der Waals surface area (Å²) in [7, 11) is 0. The maximum Gasteiger partial charge on any atom is 0.326 e. The highest BCUT2D eigenvalue weighted by atomic mass is 16.4. The number of H-pyrrole nitrogens is 2. The van der Waals surface area contributed by atoms with Gasteiger partial charge in [-0.25, -0.2) is 4.79 Å². The summed E-state index contributed by atoms with van der Waals surface area (Å²) in [5.74, 6) is -11.0. The van der Waals surface area contributed by atoms with Gasteiger partial charge in [0.15, 0.2) is 0 Å². The molecule has 0 saturated carbocycles. The number of carbonyl (C=O) groups is 10. The molecular weight excluding hydrogens is 997 g/mol. The molecule has 0 aliphatic heterocycles. The van der Waals surface area contributed by atoms with E-state index >= 15 is 0 Å². The third kappa shape index (κ3) is 17.1. The first-order chi connectivity index (χ1) is 36.4. The first-order valence-corrected chi connectivity index (χ1v) is 25.0. The maximum atomic E-state index is 14.7. The molecule has 17 N–H and O–H groups in total. The number of aromatic amines is 2. The number of fused-ring (bicyclic) bond motifs is 2. The molecule has 0 saturated heterocycles. The number of hydrogen-bond acceptors (Lipinski definition) is 12. The minimum absolute atomic E-state index is 0.105. The predicted octanol–water partition coefficient (Wildman–Crippen LogP) is -0.339. The minimum atomic E-state index is -1.89. The molecule has 5 rings (SSSR count). The number of rotatable bonds is 28. The Bertz CT molecular complexity index is 2950. The van der Waals surface area contributed by atoms with E-state index in [0.29, 0.717) is 27.6 Å². The number of para-hydroxylation sites is 2. The van der Waals surface area contributed by atoms with Gasteiger partial charge in [0.2, 0.25) is 53.2 Å². The first-order valence-electron chi connectivity index (χ1n) is 25.0. The molecule has 2 heterocycles. The number of carboxylic acid groups (broad SMARTS) is 1. The highest BCUT2D eigenvalue weighted by molar-refractivity contribution is 6.00. The zero-order valence-corrected chi connectivity index (χ0v) is 43.3. The summed E-state index contributed by atoms with van der Waals surface area (Å²) in [6.07, 6.45) is 1.02. The monoisotopic (exact) mass is 1060 g/mol. The highest BCUT2D eigenvalue weighted by Crippen LogP contribution is 2.22. The lowest BCUT2D eigenvalue weighted by Gasteiger charge is -2.28. The van der Waals surface area contributed by atoms with Crippen molar-refractivity contribution in [2.24, 2.45) is 29.0 Å². The Kier molecular flexibility index (Phi) is 20.8. The van der Waals surface area contributed by atoms with Gasteiger partial charge < -0.3 is 74.6 Å². The van der Waals surface area contributed by atoms with Crippen LogP contribution in [0.1, 0.15) is 70.6 Å². The lowest BCUT2D eigenvalue weighted by atomic mass is 9.99. The highest BCUT2D eigenvalue weighted by Gasteiger charge is 2.36. The van der Waals surface area contributed by atoms with E-state index in [1.54, 1.807) is 68.7 Å². The number of primary amides is 2. The van der Waals surface area contributed by atoms with Crippen molar-refractivity contribution < 1.29 is 58.2 Å². The van der Waals surface area contributed by atoms with Crippen LogP contribution in [0.3, 0.4) is 0 Å². The van der Waals surface area contributed by atoms with E-state index in [0.717, 1.165) is 10.9 Å². The molecule has 9 amide bonds. The standard InChI is InChI=1S/C53H68N12O12/c1-26(2)18-37(59-46(69)28(5)54)47(70)61-39(20-30-24-57-35-12-8-6-10-33(30)35)49(72)60-38(19-29-14-16-32(66)17-15-29)48(71)63-42(23-44(56)68)51(74)64-41(22-43(55)67)50(73)62-40(52(75)65-45(27(3)4)53(76)77)21-31-25-58-36-13-9-7-11-34(31)36/h6-17,24-28,37-42,45,57-58,66H,18-23,54H2,1-5H3,(H2,55,67)(H2,56,68)(H,59,69)(H,60,72)(H,61,70)(H,62,73)(H,63,71)(H,64,74)(H,65,75)(H,76,77)/t28-,37-,38-,39-,40-,41-,42-,45-/m0/s1. The Morgan fingerprint density at radius 1 is 0.494 bits per heavy atom. The topological polar surface area (TPSA) is 405 Å². The number of nitrogens with one attached hydrogen (secondary N) is 9. The summed E-state index contributed by atoms with van der Waals surface area (Å²) in [6, 6.07) is 8.08. The molecule has 8 atom stereocenters. The van der Waals surface area contributed by atoms with Crippen molar-refractivity contribution in [3.8, 4) is 5.75 Å². The molecule has 0 unspecified atom stereocenters. The number of phenolic OH excluding ortho intramolecular Hbond substituents is 1. The molecule has 0 radical (unpaired) electrons. The Morgan fingerprint density at radius 3 is 1.27 bits per heavy atom. The number of phenols is 1. The van der Waals surface area contributed by atoms with Crippen LogP contribution in [0.25, 0.3) is 21.8 Å². The fraction of sp³-hybridized carbons (Fsp3) is 0.396. The van der Waals surface area contributed by atoms with Crippen LogP contribution in [0, 0.1) is 11.8 Å². The number of benzene rings is 3. The van der Waals surface area contributed by atoms with Crippen molar-refractivity contribution in [2.75, 3.05) is 0 Å². The van der Waals surface area contributed by atoms with Gasteiger partial charge in [-0.2, -0.15) is 0 Å². The van der Waals surface area contributed by atoms with Gasteiger partial charge in [0, 0.05) is 53.5 Å². The molecule has 0 spiro atoms. The van der Waals surface area contributed by atoms with Crippen LogP contribution in [0.4, 0.5) is 0 Å². The number of aliphatic carboxylic acids is 1. The third-order valence-corrected chi connectivity index (χ3v) is 12.5. The molecule has 412 valence electrons. The van der Waals surface area contributed by atoms with E-state index in [1.807, 2.05) is 19.9 Å². The molecule has 0 aliphatic carbocycles. The summed E-state index contributed by atoms with van der Waals surface area (Å²) in [5, 5.41) is 39.0. The number of carboxylic acids is 1. The molecule has 77 heavy (non-hydrogen) atoms. The zero-order chi connectivity index (χ0) is 56.7. The van der Waals surface area contributed by atoms with Gasteiger partial charge >= 0.3 is 5.97 Å². The molecular formula is C53H68N12O12. The van der Waals surface area contributed by atoms with Gasteiger partial charge in [-0.15, -0.1) is 0 Å². The van der Waals surface area contributed by atoms with Crippen LogP contribution in [-0.2, 0) is 67.2 Å². The van der Waals surface area contributed by atoms with Crippen molar-refractivity contribution in [1.29, 1.82) is 0 Å². The summed E-state index contributed by atoms with van der Waals surface area (Å²) in [6.45, 7) is 8.24. The van der Waals surface area contributed by atoms with Gasteiger partial charge in [0.05, 0.1) is 18.9 Å². The van der Waals surface area contributed by atoms with E-state index < -0.39 is 126 Å². The Hall–Kier alpha value is -8.80. The molecule has 0 fully saturated rings. The first kappa shape index (κ1) is 59.1. The normalized spacial score (nSPS) is 14.4. The number of carbonyl (C=O) groups excluding carboxylic acids is 9. The van der Waals surface area contributed by atoms with E-state index in [9.17, 15) is 58.2 Å². The minimum Gasteiger partial charge on any atom is -0.508 e. The van der Waals surface area contributed by atoms with Gasteiger partial charge in [0.1, 0.15) is 48.0 Å². The molecule has 24 heteroatoms. The number of aromatic nitrogens is 2. The van der Waals surface area contributed by atoms with Crippen molar-refractivity contribution in [3.63, 3.8) is 0 Å². The lowest BCUT2D eigenvalue weighted by Crippen LogP contribution is -2.61.